The van der Waals surface area contributed by atoms with E-state index in [-0.39, 0.29) is 5.82 Å². The van der Waals surface area contributed by atoms with Gasteiger partial charge in [-0.05, 0) is 36.6 Å². The number of nitrogen functional groups attached to an aromatic ring is 1. The number of halogens is 1. The third kappa shape index (κ3) is 1.73. The van der Waals surface area contributed by atoms with E-state index in [1.54, 1.807) is 6.07 Å². The van der Waals surface area contributed by atoms with E-state index in [1.807, 2.05) is 13.0 Å². The van der Waals surface area contributed by atoms with Crippen molar-refractivity contribution in [2.24, 2.45) is 0 Å². The summed E-state index contributed by atoms with van der Waals surface area (Å²) in [5, 5.41) is 0.567. The molecule has 0 amide bonds. The first kappa shape index (κ1) is 10.9. The number of rotatable bonds is 2. The summed E-state index contributed by atoms with van der Waals surface area (Å²) in [4.78, 5) is 4.29. The van der Waals surface area contributed by atoms with Gasteiger partial charge in [-0.15, -0.1) is 0 Å². The minimum atomic E-state index is -0.231. The van der Waals surface area contributed by atoms with Crippen LogP contribution in [0.25, 0.3) is 10.9 Å². The summed E-state index contributed by atoms with van der Waals surface area (Å²) in [6.07, 6.45) is 1.81. The molecule has 16 heavy (non-hydrogen) atoms. The Labute approximate surface area is 94.3 Å². The molecule has 0 saturated carbocycles. The van der Waals surface area contributed by atoms with E-state index in [0.717, 1.165) is 24.0 Å². The number of aryl methyl sites for hydroxylation is 2. The van der Waals surface area contributed by atoms with Crippen LogP contribution in [0.1, 0.15) is 24.5 Å². The van der Waals surface area contributed by atoms with Gasteiger partial charge in [0.05, 0.1) is 5.52 Å². The van der Waals surface area contributed by atoms with Crippen LogP contribution in [0, 0.1) is 12.7 Å². The molecule has 0 atom stereocenters. The maximum absolute atomic E-state index is 13.6. The van der Waals surface area contributed by atoms with Crippen LogP contribution in [-0.2, 0) is 6.42 Å². The number of hydrogen-bond donors (Lipinski definition) is 1. The highest BCUT2D eigenvalue weighted by molar-refractivity contribution is 5.84. The normalized spacial score (nSPS) is 10.9. The molecule has 0 saturated heterocycles. The minimum absolute atomic E-state index is 0.231. The molecule has 1 aromatic heterocycles. The molecule has 0 aliphatic heterocycles. The van der Waals surface area contributed by atoms with Gasteiger partial charge in [-0.25, -0.2) is 9.37 Å². The van der Waals surface area contributed by atoms with Gasteiger partial charge < -0.3 is 5.73 Å². The molecule has 1 heterocycles. The Morgan fingerprint density at radius 1 is 1.38 bits per heavy atom. The Morgan fingerprint density at radius 3 is 2.81 bits per heavy atom. The quantitative estimate of drug-likeness (QED) is 0.840. The summed E-state index contributed by atoms with van der Waals surface area (Å²) in [5.74, 6) is 0.286. The number of pyridine rings is 1. The van der Waals surface area contributed by atoms with Crippen molar-refractivity contribution in [2.45, 2.75) is 26.7 Å². The standard InChI is InChI=1S/C13H15FN2/c1-3-4-9-7-10-11(14)6-5-8(2)12(10)16-13(9)15/h5-7H,3-4H2,1-2H3,(H2,15,16). The van der Waals surface area contributed by atoms with Crippen LogP contribution < -0.4 is 5.73 Å². The largest absolute Gasteiger partial charge is 0.383 e. The fraction of sp³-hybridized carbons (Fsp3) is 0.308. The Kier molecular flexibility index (Phi) is 2.77. The van der Waals surface area contributed by atoms with Crippen LogP contribution in [0.2, 0.25) is 0 Å². The number of benzene rings is 1. The molecule has 1 aromatic carbocycles. The number of aromatic nitrogens is 1. The second-order valence-corrected chi connectivity index (χ2v) is 4.04. The Hall–Kier alpha value is -1.64. The highest BCUT2D eigenvalue weighted by Gasteiger charge is 2.08. The van der Waals surface area contributed by atoms with Gasteiger partial charge in [-0.2, -0.15) is 0 Å². The van der Waals surface area contributed by atoms with Gasteiger partial charge in [-0.3, -0.25) is 0 Å². The smallest absolute Gasteiger partial charge is 0.132 e. The Bertz CT molecular complexity index is 535. The lowest BCUT2D eigenvalue weighted by Crippen LogP contribution is -2.00. The molecular weight excluding hydrogens is 203 g/mol. The van der Waals surface area contributed by atoms with Crippen LogP contribution in [-0.4, -0.2) is 4.98 Å². The molecule has 0 unspecified atom stereocenters. The van der Waals surface area contributed by atoms with Crippen molar-refractivity contribution in [2.75, 3.05) is 5.73 Å². The van der Waals surface area contributed by atoms with Crippen molar-refractivity contribution in [3.05, 3.63) is 35.1 Å². The van der Waals surface area contributed by atoms with E-state index in [0.29, 0.717) is 16.7 Å². The number of nitrogens with zero attached hydrogens (tertiary/aromatic N) is 1. The van der Waals surface area contributed by atoms with Gasteiger partial charge in [0.2, 0.25) is 0 Å². The van der Waals surface area contributed by atoms with Crippen molar-refractivity contribution < 1.29 is 4.39 Å². The van der Waals surface area contributed by atoms with E-state index < -0.39 is 0 Å². The summed E-state index contributed by atoms with van der Waals surface area (Å²) in [7, 11) is 0. The van der Waals surface area contributed by atoms with Crippen LogP contribution >= 0.6 is 0 Å². The third-order valence-corrected chi connectivity index (χ3v) is 2.76. The van der Waals surface area contributed by atoms with Gasteiger partial charge in [0.15, 0.2) is 0 Å². The molecule has 0 aliphatic rings. The van der Waals surface area contributed by atoms with E-state index >= 15 is 0 Å². The Morgan fingerprint density at radius 2 is 2.12 bits per heavy atom. The molecule has 3 heteroatoms. The lowest BCUT2D eigenvalue weighted by atomic mass is 10.1. The fourth-order valence-electron chi connectivity index (χ4n) is 1.89. The summed E-state index contributed by atoms with van der Waals surface area (Å²) in [6.45, 7) is 3.98. The topological polar surface area (TPSA) is 38.9 Å². The first-order valence-electron chi connectivity index (χ1n) is 5.47. The molecule has 0 spiro atoms. The summed E-state index contributed by atoms with van der Waals surface area (Å²) >= 11 is 0. The zero-order valence-electron chi connectivity index (χ0n) is 9.55. The molecular formula is C13H15FN2. The zero-order valence-corrected chi connectivity index (χ0v) is 9.55. The summed E-state index contributed by atoms with van der Waals surface area (Å²) < 4.78 is 13.6. The van der Waals surface area contributed by atoms with E-state index in [9.17, 15) is 4.39 Å². The molecule has 0 bridgehead atoms. The second kappa shape index (κ2) is 4.08. The first-order chi connectivity index (χ1) is 7.63. The van der Waals surface area contributed by atoms with Crippen LogP contribution in [0.15, 0.2) is 18.2 Å². The SMILES string of the molecule is CCCc1cc2c(F)ccc(C)c2nc1N. The van der Waals surface area contributed by atoms with Gasteiger partial charge >= 0.3 is 0 Å². The maximum Gasteiger partial charge on any atom is 0.132 e. The lowest BCUT2D eigenvalue weighted by molar-refractivity contribution is 0.639. The predicted octanol–water partition coefficient (Wildman–Crippen LogP) is 3.22. The highest BCUT2D eigenvalue weighted by Crippen LogP contribution is 2.24. The van der Waals surface area contributed by atoms with Gasteiger partial charge in [-0.1, -0.05) is 19.4 Å². The Balaban J connectivity index is 2.73. The number of fused-ring (bicyclic) bond motifs is 1. The molecule has 2 rings (SSSR count). The van der Waals surface area contributed by atoms with Gasteiger partial charge in [0.1, 0.15) is 11.6 Å². The highest BCUT2D eigenvalue weighted by atomic mass is 19.1. The number of hydrogen-bond acceptors (Lipinski definition) is 2. The van der Waals surface area contributed by atoms with Crippen LogP contribution in [0.5, 0.6) is 0 Å². The van der Waals surface area contributed by atoms with Crippen LogP contribution in [0.4, 0.5) is 10.2 Å². The molecule has 2 aromatic rings. The summed E-state index contributed by atoms with van der Waals surface area (Å²) in [6, 6.07) is 5.03. The maximum atomic E-state index is 13.6. The fourth-order valence-corrected chi connectivity index (χ4v) is 1.89. The third-order valence-electron chi connectivity index (χ3n) is 2.76. The monoisotopic (exact) mass is 218 g/mol. The molecule has 2 nitrogen and oxygen atoms in total. The molecule has 0 aliphatic carbocycles. The number of anilines is 1. The zero-order chi connectivity index (χ0) is 11.7. The lowest BCUT2D eigenvalue weighted by Gasteiger charge is -2.08. The number of nitrogens with two attached hydrogens (primary N) is 1. The summed E-state index contributed by atoms with van der Waals surface area (Å²) in [5.41, 5.74) is 8.40. The average molecular weight is 218 g/mol. The van der Waals surface area contributed by atoms with E-state index in [4.69, 9.17) is 5.73 Å². The van der Waals surface area contributed by atoms with Gasteiger partial charge in [0, 0.05) is 5.39 Å². The van der Waals surface area contributed by atoms with E-state index in [2.05, 4.69) is 11.9 Å². The van der Waals surface area contributed by atoms with Gasteiger partial charge in [0.25, 0.3) is 0 Å². The van der Waals surface area contributed by atoms with Crippen molar-refractivity contribution >= 4 is 16.7 Å². The molecule has 84 valence electrons. The van der Waals surface area contributed by atoms with Crippen molar-refractivity contribution in [1.82, 2.24) is 4.98 Å². The van der Waals surface area contributed by atoms with Crippen LogP contribution in [0.3, 0.4) is 0 Å². The second-order valence-electron chi connectivity index (χ2n) is 4.04. The first-order valence-corrected chi connectivity index (χ1v) is 5.47. The van der Waals surface area contributed by atoms with E-state index in [1.165, 1.54) is 6.07 Å². The molecule has 2 N–H and O–H groups in total. The minimum Gasteiger partial charge on any atom is -0.383 e. The molecule has 0 radical (unpaired) electrons. The molecule has 0 fully saturated rings. The van der Waals surface area contributed by atoms with Crippen molar-refractivity contribution in [3.8, 4) is 0 Å². The van der Waals surface area contributed by atoms with Crippen molar-refractivity contribution in [1.29, 1.82) is 0 Å². The average Bonchev–Trinajstić information content (AvgIpc) is 2.26. The van der Waals surface area contributed by atoms with Crippen molar-refractivity contribution in [3.63, 3.8) is 0 Å². The predicted molar refractivity (Wildman–Crippen MR) is 64.8 cm³/mol.